The maximum atomic E-state index is 11.1. The summed E-state index contributed by atoms with van der Waals surface area (Å²) in [5.74, 6) is 0.496. The van der Waals surface area contributed by atoms with Crippen LogP contribution in [0.1, 0.15) is 11.1 Å². The fourth-order valence-electron chi connectivity index (χ4n) is 1.66. The first-order valence-electron chi connectivity index (χ1n) is 5.63. The molecule has 0 atom stereocenters. The lowest BCUT2D eigenvalue weighted by molar-refractivity contribution is -0.385. The Bertz CT molecular complexity index is 690. The molecule has 2 rings (SSSR count). The van der Waals surface area contributed by atoms with Gasteiger partial charge < -0.3 is 4.74 Å². The van der Waals surface area contributed by atoms with Gasteiger partial charge in [-0.2, -0.15) is 0 Å². The number of benzene rings is 1. The van der Waals surface area contributed by atoms with Crippen molar-refractivity contribution in [2.24, 2.45) is 0 Å². The SMILES string of the molecule is Cc1ccnc(Oc2c(C)cc(Br)cc2[N+](=O)[O-])c1Br. The van der Waals surface area contributed by atoms with E-state index < -0.39 is 4.92 Å². The van der Waals surface area contributed by atoms with Crippen LogP contribution in [0.4, 0.5) is 5.69 Å². The zero-order valence-corrected chi connectivity index (χ0v) is 13.9. The van der Waals surface area contributed by atoms with Crippen molar-refractivity contribution in [2.45, 2.75) is 13.8 Å². The number of aromatic nitrogens is 1. The number of hydrogen-bond acceptors (Lipinski definition) is 4. The van der Waals surface area contributed by atoms with E-state index in [-0.39, 0.29) is 11.4 Å². The summed E-state index contributed by atoms with van der Waals surface area (Å²) in [6.07, 6.45) is 1.59. The number of rotatable bonds is 3. The average molecular weight is 402 g/mol. The maximum Gasteiger partial charge on any atom is 0.313 e. The molecule has 0 unspecified atom stereocenters. The van der Waals surface area contributed by atoms with Crippen molar-refractivity contribution in [3.05, 3.63) is 54.6 Å². The van der Waals surface area contributed by atoms with Crippen LogP contribution in [0.15, 0.2) is 33.3 Å². The van der Waals surface area contributed by atoms with Crippen LogP contribution in [-0.2, 0) is 0 Å². The molecule has 0 N–H and O–H groups in total. The van der Waals surface area contributed by atoms with Gasteiger partial charge in [0.2, 0.25) is 11.6 Å². The lowest BCUT2D eigenvalue weighted by atomic mass is 10.2. The summed E-state index contributed by atoms with van der Waals surface area (Å²) in [6, 6.07) is 4.98. The van der Waals surface area contributed by atoms with Crippen LogP contribution in [0.2, 0.25) is 0 Å². The Morgan fingerprint density at radius 1 is 1.25 bits per heavy atom. The molecule has 5 nitrogen and oxygen atoms in total. The Balaban J connectivity index is 2.53. The predicted molar refractivity (Wildman–Crippen MR) is 82.3 cm³/mol. The van der Waals surface area contributed by atoms with Gasteiger partial charge in [-0.25, -0.2) is 4.98 Å². The minimum Gasteiger partial charge on any atom is -0.430 e. The Labute approximate surface area is 132 Å². The quantitative estimate of drug-likeness (QED) is 0.540. The Hall–Kier alpha value is -1.47. The van der Waals surface area contributed by atoms with Gasteiger partial charge in [-0.15, -0.1) is 0 Å². The number of ether oxygens (including phenoxy) is 1. The molecule has 0 bridgehead atoms. The van der Waals surface area contributed by atoms with Crippen LogP contribution in [0.5, 0.6) is 11.6 Å². The first-order chi connectivity index (χ1) is 9.40. The normalized spacial score (nSPS) is 10.4. The third-order valence-corrected chi connectivity index (χ3v) is 4.09. The summed E-state index contributed by atoms with van der Waals surface area (Å²) in [4.78, 5) is 14.8. The average Bonchev–Trinajstić information content (AvgIpc) is 2.37. The lowest BCUT2D eigenvalue weighted by Crippen LogP contribution is -1.98. The van der Waals surface area contributed by atoms with E-state index in [0.717, 1.165) is 5.56 Å². The minimum absolute atomic E-state index is 0.105. The van der Waals surface area contributed by atoms with Gasteiger partial charge >= 0.3 is 5.69 Å². The molecule has 2 aromatic rings. The number of hydrogen-bond donors (Lipinski definition) is 0. The maximum absolute atomic E-state index is 11.1. The molecule has 7 heteroatoms. The van der Waals surface area contributed by atoms with Gasteiger partial charge in [-0.1, -0.05) is 15.9 Å². The van der Waals surface area contributed by atoms with Crippen molar-refractivity contribution in [3.63, 3.8) is 0 Å². The molecule has 0 saturated carbocycles. The third kappa shape index (κ3) is 2.99. The molecule has 0 saturated heterocycles. The number of nitrogens with zero attached hydrogens (tertiary/aromatic N) is 2. The van der Waals surface area contributed by atoms with Crippen molar-refractivity contribution in [1.82, 2.24) is 4.98 Å². The fraction of sp³-hybridized carbons (Fsp3) is 0.154. The second-order valence-corrected chi connectivity index (χ2v) is 5.89. The number of nitro benzene ring substituents is 1. The van der Waals surface area contributed by atoms with Crippen molar-refractivity contribution in [3.8, 4) is 11.6 Å². The highest BCUT2D eigenvalue weighted by Crippen LogP contribution is 2.39. The largest absolute Gasteiger partial charge is 0.430 e. The van der Waals surface area contributed by atoms with Gasteiger partial charge in [0.05, 0.1) is 9.40 Å². The van der Waals surface area contributed by atoms with Crippen molar-refractivity contribution in [2.75, 3.05) is 0 Å². The number of nitro groups is 1. The second-order valence-electron chi connectivity index (χ2n) is 4.18. The topological polar surface area (TPSA) is 65.3 Å². The summed E-state index contributed by atoms with van der Waals surface area (Å²) < 4.78 is 6.96. The molecule has 0 amide bonds. The van der Waals surface area contributed by atoms with Crippen LogP contribution in [-0.4, -0.2) is 9.91 Å². The Morgan fingerprint density at radius 2 is 1.95 bits per heavy atom. The third-order valence-electron chi connectivity index (χ3n) is 2.67. The molecule has 1 heterocycles. The van der Waals surface area contributed by atoms with Crippen LogP contribution < -0.4 is 4.74 Å². The van der Waals surface area contributed by atoms with E-state index in [9.17, 15) is 10.1 Å². The smallest absolute Gasteiger partial charge is 0.313 e. The van der Waals surface area contributed by atoms with Crippen molar-refractivity contribution < 1.29 is 9.66 Å². The number of aryl methyl sites for hydroxylation is 2. The highest BCUT2D eigenvalue weighted by molar-refractivity contribution is 9.10. The molecule has 20 heavy (non-hydrogen) atoms. The molecule has 0 aliphatic carbocycles. The zero-order valence-electron chi connectivity index (χ0n) is 10.7. The monoisotopic (exact) mass is 400 g/mol. The van der Waals surface area contributed by atoms with Gasteiger partial charge in [-0.05, 0) is 47.5 Å². The molecule has 0 aliphatic heterocycles. The van der Waals surface area contributed by atoms with E-state index in [4.69, 9.17) is 4.74 Å². The van der Waals surface area contributed by atoms with Crippen molar-refractivity contribution >= 4 is 37.5 Å². The van der Waals surface area contributed by atoms with E-state index in [0.29, 0.717) is 20.4 Å². The van der Waals surface area contributed by atoms with Crippen LogP contribution in [0.3, 0.4) is 0 Å². The van der Waals surface area contributed by atoms with Gasteiger partial charge in [0.15, 0.2) is 0 Å². The molecule has 1 aromatic carbocycles. The molecule has 1 aromatic heterocycles. The number of pyridine rings is 1. The summed E-state index contributed by atoms with van der Waals surface area (Å²) in [5, 5.41) is 11.1. The lowest BCUT2D eigenvalue weighted by Gasteiger charge is -2.11. The highest BCUT2D eigenvalue weighted by Gasteiger charge is 2.21. The highest BCUT2D eigenvalue weighted by atomic mass is 79.9. The molecule has 0 fully saturated rings. The summed E-state index contributed by atoms with van der Waals surface area (Å²) in [7, 11) is 0. The molecular weight excluding hydrogens is 392 g/mol. The Morgan fingerprint density at radius 3 is 2.60 bits per heavy atom. The standard InChI is InChI=1S/C13H10Br2N2O3/c1-7-3-4-16-13(11(7)15)20-12-8(2)5-9(14)6-10(12)17(18)19/h3-6H,1-2H3. The molecule has 0 aliphatic rings. The van der Waals surface area contributed by atoms with E-state index in [1.807, 2.05) is 13.0 Å². The minimum atomic E-state index is -0.475. The molecular formula is C13H10Br2N2O3. The summed E-state index contributed by atoms with van der Waals surface area (Å²) in [5.41, 5.74) is 1.49. The fourth-order valence-corrected chi connectivity index (χ4v) is 2.54. The van der Waals surface area contributed by atoms with E-state index in [1.54, 1.807) is 19.2 Å². The van der Waals surface area contributed by atoms with E-state index in [2.05, 4.69) is 36.8 Å². The van der Waals surface area contributed by atoms with Gasteiger partial charge in [0.25, 0.3) is 0 Å². The van der Waals surface area contributed by atoms with Gasteiger partial charge in [0.1, 0.15) is 0 Å². The van der Waals surface area contributed by atoms with Gasteiger partial charge in [0, 0.05) is 22.3 Å². The van der Waals surface area contributed by atoms with Crippen molar-refractivity contribution in [1.29, 1.82) is 0 Å². The van der Waals surface area contributed by atoms with Crippen LogP contribution >= 0.6 is 31.9 Å². The molecule has 0 radical (unpaired) electrons. The summed E-state index contributed by atoms with van der Waals surface area (Å²) >= 11 is 6.61. The second kappa shape index (κ2) is 5.88. The van der Waals surface area contributed by atoms with E-state index >= 15 is 0 Å². The van der Waals surface area contributed by atoms with Crippen LogP contribution in [0.25, 0.3) is 0 Å². The van der Waals surface area contributed by atoms with Gasteiger partial charge in [-0.3, -0.25) is 10.1 Å². The summed E-state index contributed by atoms with van der Waals surface area (Å²) in [6.45, 7) is 3.64. The first kappa shape index (κ1) is 14.9. The Kier molecular flexibility index (Phi) is 4.39. The van der Waals surface area contributed by atoms with Crippen LogP contribution in [0, 0.1) is 24.0 Å². The number of halogens is 2. The zero-order chi connectivity index (χ0) is 14.9. The molecule has 104 valence electrons. The predicted octanol–water partition coefficient (Wildman–Crippen LogP) is 4.92. The first-order valence-corrected chi connectivity index (χ1v) is 7.22. The molecule has 0 spiro atoms. The van der Waals surface area contributed by atoms with E-state index in [1.165, 1.54) is 6.07 Å².